The minimum absolute atomic E-state index is 0.0746. The molecule has 0 saturated carbocycles. The molecule has 1 aliphatic heterocycles. The fraction of sp³-hybridized carbons (Fsp3) is 0.200. The minimum Gasteiger partial charge on any atom is -0.339 e. The molecular weight excluding hydrogens is 474 g/mol. The van der Waals surface area contributed by atoms with Crippen molar-refractivity contribution >= 4 is 44.8 Å². The van der Waals surface area contributed by atoms with Crippen LogP contribution in [0.25, 0.3) is 0 Å². The maximum atomic E-state index is 13.0. The number of sulfonamides is 1. The number of halogens is 1. The summed E-state index contributed by atoms with van der Waals surface area (Å²) in [7, 11) is -3.79. The van der Waals surface area contributed by atoms with Gasteiger partial charge in [-0.15, -0.1) is 0 Å². The number of hydrogen-bond donors (Lipinski definition) is 2. The maximum absolute atomic E-state index is 13.0. The number of piperidine rings is 1. The Morgan fingerprint density at radius 2 is 1.50 bits per heavy atom. The molecule has 0 aliphatic carbocycles. The third-order valence-corrected chi connectivity index (χ3v) is 7.28. The van der Waals surface area contributed by atoms with Gasteiger partial charge < -0.3 is 10.2 Å². The molecule has 1 saturated heterocycles. The number of para-hydroxylation sites is 1. The number of likely N-dealkylation sites (tertiary alicyclic amines) is 1. The normalized spacial score (nSPS) is 13.9. The van der Waals surface area contributed by atoms with Crippen molar-refractivity contribution in [3.63, 3.8) is 0 Å². The Bertz CT molecular complexity index is 1310. The largest absolute Gasteiger partial charge is 0.339 e. The van der Waals surface area contributed by atoms with Crippen molar-refractivity contribution in [3.8, 4) is 0 Å². The molecule has 1 heterocycles. The van der Waals surface area contributed by atoms with E-state index in [0.29, 0.717) is 24.3 Å². The molecule has 3 aromatic rings. The topological polar surface area (TPSA) is 95.6 Å². The number of hydrogen-bond acceptors (Lipinski definition) is 4. The lowest BCUT2D eigenvalue weighted by Gasteiger charge is -2.27. The molecule has 0 spiro atoms. The van der Waals surface area contributed by atoms with E-state index in [1.54, 1.807) is 47.4 Å². The average Bonchev–Trinajstić information content (AvgIpc) is 2.85. The highest BCUT2D eigenvalue weighted by Gasteiger charge is 2.22. The second-order valence-corrected chi connectivity index (χ2v) is 10.1. The first-order valence-electron chi connectivity index (χ1n) is 10.9. The molecule has 1 fully saturated rings. The Morgan fingerprint density at radius 1 is 0.824 bits per heavy atom. The molecule has 2 N–H and O–H groups in total. The third kappa shape index (κ3) is 5.40. The highest BCUT2D eigenvalue weighted by molar-refractivity contribution is 7.92. The highest BCUT2D eigenvalue weighted by atomic mass is 35.5. The lowest BCUT2D eigenvalue weighted by Crippen LogP contribution is -2.36. The molecular formula is C25H24ClN3O4S. The molecule has 2 amide bonds. The smallest absolute Gasteiger partial charge is 0.261 e. The van der Waals surface area contributed by atoms with Crippen molar-refractivity contribution in [2.75, 3.05) is 23.1 Å². The van der Waals surface area contributed by atoms with Crippen molar-refractivity contribution in [3.05, 3.63) is 88.9 Å². The molecule has 176 valence electrons. The average molecular weight is 498 g/mol. The van der Waals surface area contributed by atoms with Crippen LogP contribution in [0, 0.1) is 0 Å². The summed E-state index contributed by atoms with van der Waals surface area (Å²) in [5.41, 5.74) is 1.20. The summed E-state index contributed by atoms with van der Waals surface area (Å²) in [6.07, 6.45) is 3.05. The van der Waals surface area contributed by atoms with Crippen LogP contribution in [0.4, 0.5) is 11.4 Å². The van der Waals surface area contributed by atoms with Crippen LogP contribution in [-0.4, -0.2) is 38.2 Å². The zero-order chi connectivity index (χ0) is 24.1. The van der Waals surface area contributed by atoms with Crippen LogP contribution in [0.15, 0.2) is 77.7 Å². The number of carbonyl (C=O) groups excluding carboxylic acids is 2. The van der Waals surface area contributed by atoms with E-state index in [-0.39, 0.29) is 27.1 Å². The summed E-state index contributed by atoms with van der Waals surface area (Å²) < 4.78 is 27.5. The van der Waals surface area contributed by atoms with Crippen LogP contribution in [0.3, 0.4) is 0 Å². The quantitative estimate of drug-likeness (QED) is 0.500. The van der Waals surface area contributed by atoms with E-state index in [0.717, 1.165) is 19.3 Å². The van der Waals surface area contributed by atoms with Gasteiger partial charge in [0.15, 0.2) is 0 Å². The first kappa shape index (κ1) is 23.8. The van der Waals surface area contributed by atoms with E-state index in [1.807, 2.05) is 0 Å². The van der Waals surface area contributed by atoms with Crippen LogP contribution >= 0.6 is 11.6 Å². The molecule has 1 aliphatic rings. The van der Waals surface area contributed by atoms with Crippen molar-refractivity contribution < 1.29 is 18.0 Å². The van der Waals surface area contributed by atoms with Crippen molar-refractivity contribution in [1.82, 2.24) is 4.90 Å². The Morgan fingerprint density at radius 3 is 2.21 bits per heavy atom. The van der Waals surface area contributed by atoms with Crippen LogP contribution in [0.2, 0.25) is 5.02 Å². The summed E-state index contributed by atoms with van der Waals surface area (Å²) >= 11 is 6.32. The van der Waals surface area contributed by atoms with Gasteiger partial charge in [0, 0.05) is 13.1 Å². The van der Waals surface area contributed by atoms with Crippen molar-refractivity contribution in [1.29, 1.82) is 0 Å². The Labute approximate surface area is 203 Å². The van der Waals surface area contributed by atoms with Crippen molar-refractivity contribution in [2.24, 2.45) is 0 Å². The summed E-state index contributed by atoms with van der Waals surface area (Å²) in [5.74, 6) is -0.617. The highest BCUT2D eigenvalue weighted by Crippen LogP contribution is 2.26. The van der Waals surface area contributed by atoms with E-state index in [4.69, 9.17) is 11.6 Å². The molecule has 34 heavy (non-hydrogen) atoms. The van der Waals surface area contributed by atoms with Gasteiger partial charge in [-0.3, -0.25) is 14.3 Å². The first-order valence-corrected chi connectivity index (χ1v) is 12.8. The van der Waals surface area contributed by atoms with Gasteiger partial charge in [-0.2, -0.15) is 0 Å². The second kappa shape index (κ2) is 10.3. The van der Waals surface area contributed by atoms with Crippen molar-refractivity contribution in [2.45, 2.75) is 24.2 Å². The molecule has 9 heteroatoms. The first-order chi connectivity index (χ1) is 16.3. The Kier molecular flexibility index (Phi) is 7.19. The van der Waals surface area contributed by atoms with E-state index in [2.05, 4.69) is 10.0 Å². The van der Waals surface area contributed by atoms with Crippen LogP contribution in [-0.2, 0) is 10.0 Å². The van der Waals surface area contributed by atoms with Gasteiger partial charge in [-0.05, 0) is 61.7 Å². The van der Waals surface area contributed by atoms with Gasteiger partial charge in [-0.1, -0.05) is 41.9 Å². The van der Waals surface area contributed by atoms with E-state index >= 15 is 0 Å². The number of nitrogens with one attached hydrogen (secondary N) is 2. The standard InChI is InChI=1S/C25H24ClN3O4S/c26-22-17-18(28-34(32,33)19-9-3-1-4-10-19)13-14-20(22)24(30)27-23-12-6-5-11-21(23)25(31)29-15-7-2-8-16-29/h1,3-6,9-14,17,28H,2,7-8,15-16H2,(H,27,30). The molecule has 7 nitrogen and oxygen atoms in total. The van der Waals surface area contributed by atoms with Gasteiger partial charge in [0.25, 0.3) is 21.8 Å². The molecule has 0 atom stereocenters. The summed E-state index contributed by atoms with van der Waals surface area (Å²) in [5, 5.41) is 2.85. The number of benzene rings is 3. The van der Waals surface area contributed by atoms with Crippen LogP contribution in [0.5, 0.6) is 0 Å². The fourth-order valence-electron chi connectivity index (χ4n) is 3.81. The maximum Gasteiger partial charge on any atom is 0.261 e. The number of anilines is 2. The number of amides is 2. The van der Waals surface area contributed by atoms with Gasteiger partial charge >= 0.3 is 0 Å². The SMILES string of the molecule is O=C(Nc1ccccc1C(=O)N1CCCCC1)c1ccc(NS(=O)(=O)c2ccccc2)cc1Cl. The number of rotatable bonds is 6. The van der Waals surface area contributed by atoms with Gasteiger partial charge in [0.05, 0.1) is 32.4 Å². The lowest BCUT2D eigenvalue weighted by molar-refractivity contribution is 0.0725. The summed E-state index contributed by atoms with van der Waals surface area (Å²) in [6.45, 7) is 1.40. The lowest BCUT2D eigenvalue weighted by atomic mass is 10.1. The monoisotopic (exact) mass is 497 g/mol. The van der Waals surface area contributed by atoms with Gasteiger partial charge in [-0.25, -0.2) is 8.42 Å². The van der Waals surface area contributed by atoms with E-state index < -0.39 is 15.9 Å². The molecule has 0 unspecified atom stereocenters. The zero-order valence-corrected chi connectivity index (χ0v) is 19.9. The predicted molar refractivity (Wildman–Crippen MR) is 133 cm³/mol. The predicted octanol–water partition coefficient (Wildman–Crippen LogP) is 5.02. The fourth-order valence-corrected chi connectivity index (χ4v) is 5.15. The van der Waals surface area contributed by atoms with Gasteiger partial charge in [0.1, 0.15) is 0 Å². The molecule has 4 rings (SSSR count). The van der Waals surface area contributed by atoms with E-state index in [9.17, 15) is 18.0 Å². The zero-order valence-electron chi connectivity index (χ0n) is 18.3. The van der Waals surface area contributed by atoms with Crippen LogP contribution < -0.4 is 10.0 Å². The number of nitrogens with zero attached hydrogens (tertiary/aromatic N) is 1. The summed E-state index contributed by atoms with van der Waals surface area (Å²) in [4.78, 5) is 27.8. The second-order valence-electron chi connectivity index (χ2n) is 7.97. The van der Waals surface area contributed by atoms with Gasteiger partial charge in [0.2, 0.25) is 0 Å². The minimum atomic E-state index is -3.79. The van der Waals surface area contributed by atoms with Crippen LogP contribution in [0.1, 0.15) is 40.0 Å². The van der Waals surface area contributed by atoms with E-state index in [1.165, 1.54) is 30.3 Å². The molecule has 3 aromatic carbocycles. The number of carbonyl (C=O) groups is 2. The Hall–Kier alpha value is -3.36. The molecule has 0 aromatic heterocycles. The third-order valence-electron chi connectivity index (χ3n) is 5.57. The molecule has 0 radical (unpaired) electrons. The summed E-state index contributed by atoms with van der Waals surface area (Å²) in [6, 6.07) is 19.1. The molecule has 0 bridgehead atoms. The Balaban J connectivity index is 1.51.